The number of imide groups is 1. The fraction of sp³-hybridized carbons (Fsp3) is 0.276. The first-order chi connectivity index (χ1) is 18.7. The molecule has 0 aliphatic carbocycles. The van der Waals surface area contributed by atoms with Crippen molar-refractivity contribution in [2.24, 2.45) is 0 Å². The molecule has 0 radical (unpaired) electrons. The zero-order valence-corrected chi connectivity index (χ0v) is 23.0. The van der Waals surface area contributed by atoms with E-state index in [1.165, 1.54) is 33.5 Å². The Morgan fingerprint density at radius 1 is 0.821 bits per heavy atom. The lowest BCUT2D eigenvalue weighted by atomic mass is 10.1. The molecule has 10 heteroatoms. The first kappa shape index (κ1) is 28.0. The lowest BCUT2D eigenvalue weighted by molar-refractivity contribution is 0.0654. The van der Waals surface area contributed by atoms with Gasteiger partial charge in [-0.25, -0.2) is 8.42 Å². The summed E-state index contributed by atoms with van der Waals surface area (Å²) >= 11 is 0. The number of sulfonamides is 1. The molecular formula is C29H31N3O6S. The zero-order chi connectivity index (χ0) is 28.2. The van der Waals surface area contributed by atoms with Gasteiger partial charge in [-0.15, -0.1) is 0 Å². The molecule has 1 aliphatic heterocycles. The SMILES string of the molecule is CCOc1ccc(N(CCN2C(=O)c3ccccc3C2=O)C(=O)c2ccc(S(=O)(=O)N(CC)CC)cc2)cc1. The molecule has 0 bridgehead atoms. The molecule has 1 aliphatic rings. The van der Waals surface area contributed by atoms with Crippen LogP contribution in [-0.2, 0) is 10.0 Å². The van der Waals surface area contributed by atoms with E-state index < -0.39 is 27.7 Å². The van der Waals surface area contributed by atoms with E-state index in [4.69, 9.17) is 4.74 Å². The van der Waals surface area contributed by atoms with Crippen LogP contribution in [0.4, 0.5) is 5.69 Å². The van der Waals surface area contributed by atoms with Crippen LogP contribution in [0.2, 0.25) is 0 Å². The number of hydrogen-bond acceptors (Lipinski definition) is 6. The molecule has 3 aromatic rings. The summed E-state index contributed by atoms with van der Waals surface area (Å²) in [5.41, 5.74) is 1.49. The Morgan fingerprint density at radius 3 is 1.90 bits per heavy atom. The van der Waals surface area contributed by atoms with E-state index in [2.05, 4.69) is 0 Å². The first-order valence-corrected chi connectivity index (χ1v) is 14.3. The largest absolute Gasteiger partial charge is 0.494 e. The average Bonchev–Trinajstić information content (AvgIpc) is 3.19. The van der Waals surface area contributed by atoms with E-state index >= 15 is 0 Å². The highest BCUT2D eigenvalue weighted by atomic mass is 32.2. The van der Waals surface area contributed by atoms with Crippen LogP contribution >= 0.6 is 0 Å². The molecular weight excluding hydrogens is 518 g/mol. The zero-order valence-electron chi connectivity index (χ0n) is 22.2. The second kappa shape index (κ2) is 11.8. The minimum Gasteiger partial charge on any atom is -0.494 e. The maximum absolute atomic E-state index is 13.7. The molecule has 0 unspecified atom stereocenters. The summed E-state index contributed by atoms with van der Waals surface area (Å²) in [6, 6.07) is 19.3. The third-order valence-electron chi connectivity index (χ3n) is 6.57. The smallest absolute Gasteiger partial charge is 0.261 e. The molecule has 0 atom stereocenters. The molecule has 3 aromatic carbocycles. The van der Waals surface area contributed by atoms with Crippen LogP contribution in [0.1, 0.15) is 51.8 Å². The second-order valence-electron chi connectivity index (χ2n) is 8.80. The topological polar surface area (TPSA) is 104 Å². The molecule has 39 heavy (non-hydrogen) atoms. The molecule has 3 amide bonds. The third kappa shape index (κ3) is 5.57. The summed E-state index contributed by atoms with van der Waals surface area (Å²) in [4.78, 5) is 42.1. The number of carbonyl (C=O) groups excluding carboxylic acids is 3. The van der Waals surface area contributed by atoms with Gasteiger partial charge in [-0.1, -0.05) is 26.0 Å². The van der Waals surface area contributed by atoms with Crippen LogP contribution in [0.15, 0.2) is 77.7 Å². The van der Waals surface area contributed by atoms with Gasteiger partial charge in [-0.3, -0.25) is 19.3 Å². The van der Waals surface area contributed by atoms with Gasteiger partial charge < -0.3 is 9.64 Å². The molecule has 0 spiro atoms. The van der Waals surface area contributed by atoms with Crippen LogP contribution in [0.25, 0.3) is 0 Å². The summed E-state index contributed by atoms with van der Waals surface area (Å²) in [7, 11) is -3.67. The Bertz CT molecular complexity index is 1430. The monoisotopic (exact) mass is 549 g/mol. The van der Waals surface area contributed by atoms with Crippen LogP contribution < -0.4 is 9.64 Å². The van der Waals surface area contributed by atoms with Gasteiger partial charge >= 0.3 is 0 Å². The van der Waals surface area contributed by atoms with Crippen LogP contribution in [0.3, 0.4) is 0 Å². The van der Waals surface area contributed by atoms with Gasteiger partial charge in [0.25, 0.3) is 17.7 Å². The molecule has 1 heterocycles. The van der Waals surface area contributed by atoms with Crippen LogP contribution in [0.5, 0.6) is 5.75 Å². The van der Waals surface area contributed by atoms with Crippen molar-refractivity contribution in [3.63, 3.8) is 0 Å². The van der Waals surface area contributed by atoms with Crippen LogP contribution in [0, 0.1) is 0 Å². The fourth-order valence-electron chi connectivity index (χ4n) is 4.52. The Morgan fingerprint density at radius 2 is 1.38 bits per heavy atom. The molecule has 0 saturated heterocycles. The van der Waals surface area contributed by atoms with Gasteiger partial charge in [-0.2, -0.15) is 4.31 Å². The highest BCUT2D eigenvalue weighted by molar-refractivity contribution is 7.89. The Kier molecular flexibility index (Phi) is 8.47. The molecule has 0 saturated carbocycles. The molecule has 0 aromatic heterocycles. The first-order valence-electron chi connectivity index (χ1n) is 12.8. The normalized spacial score (nSPS) is 13.1. The van der Waals surface area contributed by atoms with E-state index in [0.29, 0.717) is 42.3 Å². The minimum absolute atomic E-state index is 0.0142. The van der Waals surface area contributed by atoms with Gasteiger partial charge in [0.1, 0.15) is 5.75 Å². The number of hydrogen-bond donors (Lipinski definition) is 0. The number of nitrogens with zero attached hydrogens (tertiary/aromatic N) is 3. The van der Waals surface area contributed by atoms with Crippen molar-refractivity contribution in [3.8, 4) is 5.75 Å². The number of rotatable bonds is 11. The van der Waals surface area contributed by atoms with Gasteiger partial charge in [0.15, 0.2) is 0 Å². The van der Waals surface area contributed by atoms with Gasteiger partial charge in [-0.05, 0) is 67.6 Å². The van der Waals surface area contributed by atoms with Gasteiger partial charge in [0.2, 0.25) is 10.0 Å². The molecule has 4 rings (SSSR count). The summed E-state index contributed by atoms with van der Waals surface area (Å²) in [5, 5.41) is 0. The van der Waals surface area contributed by atoms with Crippen molar-refractivity contribution in [2.75, 3.05) is 37.7 Å². The summed E-state index contributed by atoms with van der Waals surface area (Å²) in [6.45, 7) is 6.59. The van der Waals surface area contributed by atoms with Gasteiger partial charge in [0, 0.05) is 37.4 Å². The van der Waals surface area contributed by atoms with E-state index in [0.717, 1.165) is 4.90 Å². The maximum Gasteiger partial charge on any atom is 0.261 e. The van der Waals surface area contributed by atoms with E-state index in [1.54, 1.807) is 62.4 Å². The summed E-state index contributed by atoms with van der Waals surface area (Å²) in [6.07, 6.45) is 0. The van der Waals surface area contributed by atoms with Crippen molar-refractivity contribution in [1.82, 2.24) is 9.21 Å². The predicted octanol–water partition coefficient (Wildman–Crippen LogP) is 4.06. The van der Waals surface area contributed by atoms with E-state index in [1.807, 2.05) is 6.92 Å². The maximum atomic E-state index is 13.7. The molecule has 0 N–H and O–H groups in total. The fourth-order valence-corrected chi connectivity index (χ4v) is 5.98. The lowest BCUT2D eigenvalue weighted by Crippen LogP contribution is -2.41. The highest BCUT2D eigenvalue weighted by Crippen LogP contribution is 2.25. The van der Waals surface area contributed by atoms with E-state index in [-0.39, 0.29) is 23.5 Å². The Balaban J connectivity index is 1.61. The summed E-state index contributed by atoms with van der Waals surface area (Å²) in [5.74, 6) is -0.566. The quantitative estimate of drug-likeness (QED) is 0.334. The van der Waals surface area contributed by atoms with E-state index in [9.17, 15) is 22.8 Å². The number of amides is 3. The standard InChI is InChI=1S/C29H31N3O6S/c1-4-30(5-2)39(36,37)24-17-11-21(12-18-24)27(33)31(22-13-15-23(16-14-22)38-6-3)19-20-32-28(34)25-9-7-8-10-26(25)29(32)35/h7-18H,4-6,19-20H2,1-3H3. The van der Waals surface area contributed by atoms with Crippen molar-refractivity contribution < 1.29 is 27.5 Å². The Labute approximate surface area is 228 Å². The number of fused-ring (bicyclic) bond motifs is 1. The Hall–Kier alpha value is -4.02. The highest BCUT2D eigenvalue weighted by Gasteiger charge is 2.35. The van der Waals surface area contributed by atoms with Gasteiger partial charge in [0.05, 0.1) is 22.6 Å². The number of anilines is 1. The summed E-state index contributed by atoms with van der Waals surface area (Å²) < 4.78 is 32.6. The number of benzene rings is 3. The molecule has 0 fully saturated rings. The van der Waals surface area contributed by atoms with Crippen molar-refractivity contribution in [2.45, 2.75) is 25.7 Å². The van der Waals surface area contributed by atoms with Crippen molar-refractivity contribution in [1.29, 1.82) is 0 Å². The van der Waals surface area contributed by atoms with Crippen LogP contribution in [-0.4, -0.2) is 68.1 Å². The molecule has 204 valence electrons. The van der Waals surface area contributed by atoms with Crippen molar-refractivity contribution in [3.05, 3.63) is 89.5 Å². The van der Waals surface area contributed by atoms with Crippen molar-refractivity contribution >= 4 is 33.4 Å². The average molecular weight is 550 g/mol. The lowest BCUT2D eigenvalue weighted by Gasteiger charge is -2.26. The number of ether oxygens (including phenoxy) is 1. The second-order valence-corrected chi connectivity index (χ2v) is 10.7. The third-order valence-corrected chi connectivity index (χ3v) is 8.64. The molecule has 9 nitrogen and oxygen atoms in total. The minimum atomic E-state index is -3.67. The predicted molar refractivity (Wildman–Crippen MR) is 148 cm³/mol. The number of carbonyl (C=O) groups is 3.